The standard InChI is InChI=1S/C31H50O5Si/c1-9-35-31(32)27(7)15-13-14-26(6)30(36-37(10-2,11-3)12-4)21-16-25(5)22-23-34-24-28-17-19-29(33-8)20-18-28/h14-15,17-20,22,30H,9-13,16,21,23-24H2,1-8H3/b25-22+,26-14-,27-15+/t30-/m0/s1. The lowest BCUT2D eigenvalue weighted by Gasteiger charge is -2.34. The smallest absolute Gasteiger partial charge is 0.333 e. The molecule has 0 aromatic heterocycles. The third-order valence-electron chi connectivity index (χ3n) is 7.07. The zero-order valence-corrected chi connectivity index (χ0v) is 25.5. The molecule has 6 heteroatoms. The summed E-state index contributed by atoms with van der Waals surface area (Å²) >= 11 is 0. The predicted molar refractivity (Wildman–Crippen MR) is 156 cm³/mol. The van der Waals surface area contributed by atoms with Crippen LogP contribution < -0.4 is 4.74 Å². The summed E-state index contributed by atoms with van der Waals surface area (Å²) in [4.78, 5) is 11.9. The van der Waals surface area contributed by atoms with Gasteiger partial charge >= 0.3 is 5.97 Å². The van der Waals surface area contributed by atoms with Gasteiger partial charge in [-0.3, -0.25) is 0 Å². The Morgan fingerprint density at radius 1 is 0.946 bits per heavy atom. The van der Waals surface area contributed by atoms with Crippen molar-refractivity contribution in [2.24, 2.45) is 0 Å². The molecule has 37 heavy (non-hydrogen) atoms. The number of ether oxygens (including phenoxy) is 3. The summed E-state index contributed by atoms with van der Waals surface area (Å²) < 4.78 is 23.1. The van der Waals surface area contributed by atoms with Crippen molar-refractivity contribution < 1.29 is 23.4 Å². The lowest BCUT2D eigenvalue weighted by Crippen LogP contribution is -2.40. The molecule has 1 aromatic carbocycles. The molecule has 0 amide bonds. The molecular weight excluding hydrogens is 480 g/mol. The predicted octanol–water partition coefficient (Wildman–Crippen LogP) is 8.17. The minimum Gasteiger partial charge on any atom is -0.497 e. The molecule has 0 bridgehead atoms. The van der Waals surface area contributed by atoms with Crippen LogP contribution in [-0.4, -0.2) is 40.7 Å². The summed E-state index contributed by atoms with van der Waals surface area (Å²) in [5.41, 5.74) is 4.33. The molecule has 1 aromatic rings. The maximum atomic E-state index is 11.9. The fraction of sp³-hybridized carbons (Fsp3) is 0.581. The second-order valence-electron chi connectivity index (χ2n) is 9.59. The molecule has 0 aliphatic rings. The second-order valence-corrected chi connectivity index (χ2v) is 14.3. The van der Waals surface area contributed by atoms with Gasteiger partial charge in [-0.2, -0.15) is 0 Å². The molecule has 1 atom stereocenters. The number of allylic oxidation sites excluding steroid dienone is 3. The van der Waals surface area contributed by atoms with E-state index >= 15 is 0 Å². The van der Waals surface area contributed by atoms with Crippen molar-refractivity contribution in [2.45, 2.75) is 98.6 Å². The quantitative estimate of drug-likeness (QED) is 0.0630. The Labute approximate surface area is 227 Å². The van der Waals surface area contributed by atoms with E-state index in [4.69, 9.17) is 18.6 Å². The largest absolute Gasteiger partial charge is 0.497 e. The molecule has 0 saturated carbocycles. The first-order chi connectivity index (χ1) is 17.7. The number of benzene rings is 1. The number of hydrogen-bond acceptors (Lipinski definition) is 5. The fourth-order valence-electron chi connectivity index (χ4n) is 4.12. The topological polar surface area (TPSA) is 54.0 Å². The zero-order valence-electron chi connectivity index (χ0n) is 24.5. The highest BCUT2D eigenvalue weighted by Gasteiger charge is 2.32. The van der Waals surface area contributed by atoms with Gasteiger partial charge < -0.3 is 18.6 Å². The minimum absolute atomic E-state index is 0.0892. The SMILES string of the molecule is CCOC(=O)/C(C)=C/C/C=C(/C)[C@H](CC/C(C)=C/COCc1ccc(OC)cc1)O[Si](CC)(CC)CC. The van der Waals surface area contributed by atoms with Gasteiger partial charge in [-0.05, 0) is 88.4 Å². The summed E-state index contributed by atoms with van der Waals surface area (Å²) in [6, 6.07) is 11.3. The van der Waals surface area contributed by atoms with Gasteiger partial charge in [0.25, 0.3) is 0 Å². The Hall–Kier alpha value is -2.15. The van der Waals surface area contributed by atoms with Crippen LogP contribution in [0.3, 0.4) is 0 Å². The summed E-state index contributed by atoms with van der Waals surface area (Å²) in [7, 11) is -0.0922. The third kappa shape index (κ3) is 12.3. The van der Waals surface area contributed by atoms with Crippen molar-refractivity contribution in [2.75, 3.05) is 20.3 Å². The van der Waals surface area contributed by atoms with Crippen molar-refractivity contribution in [3.8, 4) is 5.75 Å². The average molecular weight is 531 g/mol. The number of carbonyl (C=O) groups is 1. The highest BCUT2D eigenvalue weighted by molar-refractivity contribution is 6.73. The van der Waals surface area contributed by atoms with Crippen LogP contribution in [0.2, 0.25) is 18.1 Å². The van der Waals surface area contributed by atoms with Gasteiger partial charge in [0.05, 0.1) is 33.0 Å². The molecule has 0 aliphatic carbocycles. The first-order valence-corrected chi connectivity index (χ1v) is 16.3. The molecule has 0 aliphatic heterocycles. The van der Waals surface area contributed by atoms with E-state index in [0.717, 1.165) is 42.3 Å². The zero-order chi connectivity index (χ0) is 27.7. The fourth-order valence-corrected chi connectivity index (χ4v) is 7.03. The van der Waals surface area contributed by atoms with Crippen molar-refractivity contribution in [3.63, 3.8) is 0 Å². The van der Waals surface area contributed by atoms with Gasteiger partial charge in [-0.25, -0.2) is 4.79 Å². The van der Waals surface area contributed by atoms with Crippen LogP contribution in [-0.2, 0) is 25.3 Å². The van der Waals surface area contributed by atoms with E-state index in [0.29, 0.717) is 31.8 Å². The van der Waals surface area contributed by atoms with Crippen LogP contribution in [0.4, 0.5) is 0 Å². The van der Waals surface area contributed by atoms with E-state index in [2.05, 4.69) is 46.8 Å². The number of esters is 1. The second kappa shape index (κ2) is 18.2. The average Bonchev–Trinajstić information content (AvgIpc) is 2.92. The van der Waals surface area contributed by atoms with Crippen LogP contribution in [0.5, 0.6) is 5.75 Å². The Morgan fingerprint density at radius 3 is 2.16 bits per heavy atom. The minimum atomic E-state index is -1.76. The van der Waals surface area contributed by atoms with Gasteiger partial charge in [0.1, 0.15) is 5.75 Å². The first kappa shape index (κ1) is 32.9. The Kier molecular flexibility index (Phi) is 16.1. The van der Waals surface area contributed by atoms with Crippen LogP contribution in [0.25, 0.3) is 0 Å². The van der Waals surface area contributed by atoms with Gasteiger partial charge in [0, 0.05) is 5.57 Å². The summed E-state index contributed by atoms with van der Waals surface area (Å²) in [6.45, 7) is 16.3. The molecule has 5 nitrogen and oxygen atoms in total. The van der Waals surface area contributed by atoms with Crippen molar-refractivity contribution in [1.29, 1.82) is 0 Å². The van der Waals surface area contributed by atoms with Crippen LogP contribution in [0, 0.1) is 0 Å². The Bertz CT molecular complexity index is 873. The summed E-state index contributed by atoms with van der Waals surface area (Å²) in [5.74, 6) is 0.609. The van der Waals surface area contributed by atoms with Crippen LogP contribution in [0.1, 0.15) is 73.3 Å². The van der Waals surface area contributed by atoms with E-state index in [-0.39, 0.29) is 12.1 Å². The lowest BCUT2D eigenvalue weighted by atomic mass is 10.0. The van der Waals surface area contributed by atoms with Crippen LogP contribution >= 0.6 is 0 Å². The summed E-state index contributed by atoms with van der Waals surface area (Å²) in [5, 5.41) is 0. The Balaban J connectivity index is 2.78. The van der Waals surface area contributed by atoms with Crippen molar-refractivity contribution in [1.82, 2.24) is 0 Å². The van der Waals surface area contributed by atoms with Gasteiger partial charge in [0.2, 0.25) is 0 Å². The molecular formula is C31H50O5Si. The molecule has 0 spiro atoms. The number of carbonyl (C=O) groups excluding carboxylic acids is 1. The maximum absolute atomic E-state index is 11.9. The van der Waals surface area contributed by atoms with Gasteiger partial charge in [0.15, 0.2) is 8.32 Å². The van der Waals surface area contributed by atoms with Crippen molar-refractivity contribution in [3.05, 3.63) is 64.8 Å². The number of methoxy groups -OCH3 is 1. The monoisotopic (exact) mass is 530 g/mol. The molecule has 208 valence electrons. The number of hydrogen-bond donors (Lipinski definition) is 0. The molecule has 0 N–H and O–H groups in total. The Morgan fingerprint density at radius 2 is 1.59 bits per heavy atom. The van der Waals surface area contributed by atoms with E-state index in [1.807, 2.05) is 44.2 Å². The molecule has 0 radical (unpaired) electrons. The number of rotatable bonds is 18. The highest BCUT2D eigenvalue weighted by Crippen LogP contribution is 2.28. The maximum Gasteiger partial charge on any atom is 0.333 e. The van der Waals surface area contributed by atoms with E-state index in [9.17, 15) is 4.79 Å². The molecule has 0 unspecified atom stereocenters. The van der Waals surface area contributed by atoms with Crippen LogP contribution in [0.15, 0.2) is 59.2 Å². The van der Waals surface area contributed by atoms with E-state index in [1.165, 1.54) is 11.1 Å². The van der Waals surface area contributed by atoms with Gasteiger partial charge in [-0.15, -0.1) is 0 Å². The molecule has 0 saturated heterocycles. The first-order valence-electron chi connectivity index (χ1n) is 13.8. The normalized spacial score (nSPS) is 14.0. The lowest BCUT2D eigenvalue weighted by molar-refractivity contribution is -0.138. The highest BCUT2D eigenvalue weighted by atomic mass is 28.4. The van der Waals surface area contributed by atoms with E-state index < -0.39 is 8.32 Å². The van der Waals surface area contributed by atoms with Gasteiger partial charge in [-0.1, -0.05) is 56.7 Å². The van der Waals surface area contributed by atoms with E-state index in [1.54, 1.807) is 7.11 Å². The summed E-state index contributed by atoms with van der Waals surface area (Å²) in [6.07, 6.45) is 9.00. The molecule has 0 fully saturated rings. The third-order valence-corrected chi connectivity index (χ3v) is 11.7. The molecule has 1 rings (SSSR count). The van der Waals surface area contributed by atoms with Crippen molar-refractivity contribution >= 4 is 14.3 Å². The molecule has 0 heterocycles.